The van der Waals surface area contributed by atoms with Gasteiger partial charge in [-0.3, -0.25) is 0 Å². The zero-order valence-corrected chi connectivity index (χ0v) is 10.4. The molecule has 0 aliphatic carbocycles. The highest BCUT2D eigenvalue weighted by atomic mass is 15.1. The fraction of sp³-hybridized carbons (Fsp3) is 0.500. The highest BCUT2D eigenvalue weighted by Crippen LogP contribution is 2.15. The molecule has 16 heavy (non-hydrogen) atoms. The first kappa shape index (κ1) is 12.7. The minimum atomic E-state index is -0.0232. The van der Waals surface area contributed by atoms with Crippen LogP contribution in [0.3, 0.4) is 0 Å². The largest absolute Gasteiger partial charge is 0.304 e. The SMILES string of the molecule is CC(C)CN(C)CC(C#N)c1ccccc1. The molecule has 2 heteroatoms. The lowest BCUT2D eigenvalue weighted by atomic mass is 10.00. The van der Waals surface area contributed by atoms with Crippen molar-refractivity contribution >= 4 is 0 Å². The number of hydrogen-bond donors (Lipinski definition) is 0. The lowest BCUT2D eigenvalue weighted by Crippen LogP contribution is -2.27. The molecule has 0 aliphatic heterocycles. The molecule has 0 radical (unpaired) electrons. The third kappa shape index (κ3) is 4.04. The molecule has 0 N–H and O–H groups in total. The molecule has 0 aliphatic rings. The van der Waals surface area contributed by atoms with Gasteiger partial charge in [0.05, 0.1) is 12.0 Å². The highest BCUT2D eigenvalue weighted by Gasteiger charge is 2.13. The van der Waals surface area contributed by atoms with E-state index in [0.717, 1.165) is 18.7 Å². The molecule has 1 aromatic carbocycles. The predicted molar refractivity (Wildman–Crippen MR) is 67.1 cm³/mol. The van der Waals surface area contributed by atoms with Gasteiger partial charge in [-0.15, -0.1) is 0 Å². The van der Waals surface area contributed by atoms with Crippen molar-refractivity contribution in [3.05, 3.63) is 35.9 Å². The van der Waals surface area contributed by atoms with E-state index < -0.39 is 0 Å². The first-order valence-electron chi connectivity index (χ1n) is 5.76. The zero-order chi connectivity index (χ0) is 12.0. The Hall–Kier alpha value is -1.33. The molecule has 0 spiro atoms. The monoisotopic (exact) mass is 216 g/mol. The van der Waals surface area contributed by atoms with Crippen LogP contribution >= 0.6 is 0 Å². The van der Waals surface area contributed by atoms with Crippen LogP contribution in [0.2, 0.25) is 0 Å². The standard InChI is InChI=1S/C14H20N2/c1-12(2)10-16(3)11-14(9-15)13-7-5-4-6-8-13/h4-8,12,14H,10-11H2,1-3H3. The van der Waals surface area contributed by atoms with Crippen molar-refractivity contribution in [2.75, 3.05) is 20.1 Å². The second kappa shape index (κ2) is 6.30. The maximum absolute atomic E-state index is 9.19. The van der Waals surface area contributed by atoms with Crippen molar-refractivity contribution in [2.24, 2.45) is 5.92 Å². The molecule has 0 amide bonds. The third-order valence-electron chi connectivity index (χ3n) is 2.53. The molecular formula is C14H20N2. The summed E-state index contributed by atoms with van der Waals surface area (Å²) in [5.74, 6) is 0.616. The fourth-order valence-corrected chi connectivity index (χ4v) is 1.92. The molecule has 1 unspecified atom stereocenters. The van der Waals surface area contributed by atoms with Crippen LogP contribution in [-0.2, 0) is 0 Å². The Morgan fingerprint density at radius 1 is 1.19 bits per heavy atom. The van der Waals surface area contributed by atoms with Gasteiger partial charge in [-0.05, 0) is 18.5 Å². The van der Waals surface area contributed by atoms with E-state index in [0.29, 0.717) is 5.92 Å². The van der Waals surface area contributed by atoms with Crippen LogP contribution < -0.4 is 0 Å². The second-order valence-corrected chi connectivity index (χ2v) is 4.71. The minimum absolute atomic E-state index is 0.0232. The molecule has 0 saturated carbocycles. The Bertz CT molecular complexity index is 338. The molecule has 0 saturated heterocycles. The molecule has 0 bridgehead atoms. The van der Waals surface area contributed by atoms with E-state index in [1.165, 1.54) is 0 Å². The summed E-state index contributed by atoms with van der Waals surface area (Å²) in [4.78, 5) is 2.23. The van der Waals surface area contributed by atoms with Gasteiger partial charge >= 0.3 is 0 Å². The van der Waals surface area contributed by atoms with Crippen molar-refractivity contribution in [1.82, 2.24) is 4.90 Å². The maximum atomic E-state index is 9.19. The van der Waals surface area contributed by atoms with Gasteiger partial charge in [-0.25, -0.2) is 0 Å². The van der Waals surface area contributed by atoms with Gasteiger partial charge < -0.3 is 4.90 Å². The van der Waals surface area contributed by atoms with Crippen LogP contribution in [0.25, 0.3) is 0 Å². The Balaban J connectivity index is 2.60. The van der Waals surface area contributed by atoms with E-state index in [-0.39, 0.29) is 5.92 Å². The number of rotatable bonds is 5. The van der Waals surface area contributed by atoms with Crippen molar-refractivity contribution < 1.29 is 0 Å². The van der Waals surface area contributed by atoms with E-state index in [1.807, 2.05) is 30.3 Å². The Morgan fingerprint density at radius 3 is 2.31 bits per heavy atom. The topological polar surface area (TPSA) is 27.0 Å². The lowest BCUT2D eigenvalue weighted by Gasteiger charge is -2.21. The third-order valence-corrected chi connectivity index (χ3v) is 2.53. The first-order valence-corrected chi connectivity index (χ1v) is 5.76. The number of hydrogen-bond acceptors (Lipinski definition) is 2. The Morgan fingerprint density at radius 2 is 1.81 bits per heavy atom. The molecule has 2 nitrogen and oxygen atoms in total. The molecular weight excluding hydrogens is 196 g/mol. The van der Waals surface area contributed by atoms with Crippen molar-refractivity contribution in [3.63, 3.8) is 0 Å². The van der Waals surface area contributed by atoms with E-state index >= 15 is 0 Å². The van der Waals surface area contributed by atoms with Crippen molar-refractivity contribution in [3.8, 4) is 6.07 Å². The summed E-state index contributed by atoms with van der Waals surface area (Å²) in [6.07, 6.45) is 0. The van der Waals surface area contributed by atoms with Crippen LogP contribution in [-0.4, -0.2) is 25.0 Å². The quantitative estimate of drug-likeness (QED) is 0.756. The second-order valence-electron chi connectivity index (χ2n) is 4.71. The average Bonchev–Trinajstić information content (AvgIpc) is 2.26. The summed E-state index contributed by atoms with van der Waals surface area (Å²) >= 11 is 0. The summed E-state index contributed by atoms with van der Waals surface area (Å²) < 4.78 is 0. The van der Waals surface area contributed by atoms with E-state index in [4.69, 9.17) is 0 Å². The Labute approximate surface area is 98.5 Å². The molecule has 0 fully saturated rings. The summed E-state index contributed by atoms with van der Waals surface area (Å²) in [5, 5.41) is 9.19. The van der Waals surface area contributed by atoms with E-state index in [1.54, 1.807) is 0 Å². The van der Waals surface area contributed by atoms with Gasteiger partial charge in [0.2, 0.25) is 0 Å². The zero-order valence-electron chi connectivity index (χ0n) is 10.4. The van der Waals surface area contributed by atoms with Gasteiger partial charge in [-0.1, -0.05) is 44.2 Å². The molecule has 0 aromatic heterocycles. The van der Waals surface area contributed by atoms with Gasteiger partial charge in [0.15, 0.2) is 0 Å². The smallest absolute Gasteiger partial charge is 0.0839 e. The van der Waals surface area contributed by atoms with E-state index in [2.05, 4.69) is 31.9 Å². The minimum Gasteiger partial charge on any atom is -0.304 e. The average molecular weight is 216 g/mol. The lowest BCUT2D eigenvalue weighted by molar-refractivity contribution is 0.290. The first-order chi connectivity index (χ1) is 7.63. The van der Waals surface area contributed by atoms with Gasteiger partial charge in [0.25, 0.3) is 0 Å². The van der Waals surface area contributed by atoms with E-state index in [9.17, 15) is 5.26 Å². The van der Waals surface area contributed by atoms with Crippen molar-refractivity contribution in [1.29, 1.82) is 5.26 Å². The van der Waals surface area contributed by atoms with Crippen LogP contribution in [0.5, 0.6) is 0 Å². The number of nitriles is 1. The van der Waals surface area contributed by atoms with Gasteiger partial charge in [0.1, 0.15) is 0 Å². The molecule has 86 valence electrons. The number of nitrogens with zero attached hydrogens (tertiary/aromatic N) is 2. The normalized spacial score (nSPS) is 12.8. The molecule has 0 heterocycles. The Kier molecular flexibility index (Phi) is 5.01. The van der Waals surface area contributed by atoms with Crippen molar-refractivity contribution in [2.45, 2.75) is 19.8 Å². The van der Waals surface area contributed by atoms with Gasteiger partial charge in [-0.2, -0.15) is 5.26 Å². The summed E-state index contributed by atoms with van der Waals surface area (Å²) in [6.45, 7) is 6.23. The fourth-order valence-electron chi connectivity index (χ4n) is 1.92. The summed E-state index contributed by atoms with van der Waals surface area (Å²) in [5.41, 5.74) is 1.11. The predicted octanol–water partition coefficient (Wildman–Crippen LogP) is 2.88. The summed E-state index contributed by atoms with van der Waals surface area (Å²) in [6, 6.07) is 12.4. The van der Waals surface area contributed by atoms with Crippen LogP contribution in [0, 0.1) is 17.2 Å². The highest BCUT2D eigenvalue weighted by molar-refractivity contribution is 5.25. The van der Waals surface area contributed by atoms with Gasteiger partial charge in [0, 0.05) is 13.1 Å². The molecule has 1 atom stereocenters. The summed E-state index contributed by atoms with van der Waals surface area (Å²) in [7, 11) is 2.08. The number of benzene rings is 1. The van der Waals surface area contributed by atoms with Crippen LogP contribution in [0.4, 0.5) is 0 Å². The number of likely N-dealkylation sites (N-methyl/N-ethyl adjacent to an activating group) is 1. The van der Waals surface area contributed by atoms with Crippen LogP contribution in [0.1, 0.15) is 25.3 Å². The molecule has 1 rings (SSSR count). The molecule has 1 aromatic rings. The maximum Gasteiger partial charge on any atom is 0.0839 e. The van der Waals surface area contributed by atoms with Crippen LogP contribution in [0.15, 0.2) is 30.3 Å².